The molecule has 3 aliphatic rings. The number of ether oxygens (including phenoxy) is 2. The topological polar surface area (TPSA) is 18.5 Å². The fraction of sp³-hybridized carbons (Fsp3) is 0.429. The van der Waals surface area contributed by atoms with Gasteiger partial charge in [0.25, 0.3) is 0 Å². The molecular weight excluding hydrogens is 316 g/mol. The van der Waals surface area contributed by atoms with Crippen molar-refractivity contribution in [3.63, 3.8) is 0 Å². The van der Waals surface area contributed by atoms with Gasteiger partial charge in [-0.2, -0.15) is 0 Å². The van der Waals surface area contributed by atoms with Gasteiger partial charge in [-0.1, -0.05) is 55.8 Å². The van der Waals surface area contributed by atoms with E-state index in [0.717, 1.165) is 18.6 Å². The molecule has 5 rings (SSSR count). The zero-order chi connectivity index (χ0) is 16.2. The highest BCUT2D eigenvalue weighted by molar-refractivity contribution is 7.10. The van der Waals surface area contributed by atoms with Crippen LogP contribution in [0.2, 0.25) is 0 Å². The van der Waals surface area contributed by atoms with Crippen LogP contribution in [0.1, 0.15) is 48.5 Å². The first-order valence-electron chi connectivity index (χ1n) is 8.91. The maximum Gasteiger partial charge on any atom is 0.247 e. The molecule has 24 heavy (non-hydrogen) atoms. The number of benzene rings is 1. The second-order valence-corrected chi connectivity index (χ2v) is 8.27. The van der Waals surface area contributed by atoms with Gasteiger partial charge in [-0.15, -0.1) is 11.3 Å². The first kappa shape index (κ1) is 14.7. The third-order valence-corrected chi connectivity index (χ3v) is 7.11. The molecule has 1 spiro atoms. The normalized spacial score (nSPS) is 37.8. The predicted molar refractivity (Wildman–Crippen MR) is 95.8 cm³/mol. The van der Waals surface area contributed by atoms with Gasteiger partial charge in [0, 0.05) is 12.3 Å². The van der Waals surface area contributed by atoms with Crippen molar-refractivity contribution in [2.24, 2.45) is 5.92 Å². The van der Waals surface area contributed by atoms with Crippen LogP contribution in [0.15, 0.2) is 60.2 Å². The van der Waals surface area contributed by atoms with Gasteiger partial charge in [-0.3, -0.25) is 0 Å². The molecule has 1 saturated carbocycles. The van der Waals surface area contributed by atoms with Gasteiger partial charge >= 0.3 is 0 Å². The summed E-state index contributed by atoms with van der Waals surface area (Å²) in [4.78, 5) is 1.17. The molecule has 2 bridgehead atoms. The van der Waals surface area contributed by atoms with E-state index >= 15 is 0 Å². The Balaban J connectivity index is 1.66. The van der Waals surface area contributed by atoms with Gasteiger partial charge in [0.1, 0.15) is 11.4 Å². The molecule has 1 aromatic carbocycles. The molecule has 3 heteroatoms. The van der Waals surface area contributed by atoms with Crippen LogP contribution < -0.4 is 0 Å². The molecular formula is C21H22O2S. The second-order valence-electron chi connectivity index (χ2n) is 7.32. The molecule has 124 valence electrons. The van der Waals surface area contributed by atoms with Crippen LogP contribution >= 0.6 is 11.3 Å². The minimum Gasteiger partial charge on any atom is -0.459 e. The maximum absolute atomic E-state index is 6.77. The van der Waals surface area contributed by atoms with Crippen molar-refractivity contribution in [1.82, 2.24) is 0 Å². The minimum atomic E-state index is -0.639. The third kappa shape index (κ3) is 1.91. The molecule has 1 aliphatic carbocycles. The zero-order valence-corrected chi connectivity index (χ0v) is 14.6. The summed E-state index contributed by atoms with van der Waals surface area (Å²) in [6, 6.07) is 15.1. The van der Waals surface area contributed by atoms with Crippen molar-refractivity contribution in [2.75, 3.05) is 0 Å². The van der Waals surface area contributed by atoms with E-state index in [0.29, 0.717) is 11.8 Å². The van der Waals surface area contributed by atoms with Gasteiger partial charge in [-0.25, -0.2) is 0 Å². The van der Waals surface area contributed by atoms with Crippen molar-refractivity contribution in [3.05, 3.63) is 70.6 Å². The van der Waals surface area contributed by atoms with E-state index < -0.39 is 5.79 Å². The summed E-state index contributed by atoms with van der Waals surface area (Å²) >= 11 is 1.72. The van der Waals surface area contributed by atoms with Gasteiger partial charge in [-0.05, 0) is 35.8 Å². The molecule has 2 saturated heterocycles. The van der Waals surface area contributed by atoms with Crippen molar-refractivity contribution in [2.45, 2.75) is 49.4 Å². The summed E-state index contributed by atoms with van der Waals surface area (Å²) in [5, 5.41) is 2.11. The van der Waals surface area contributed by atoms with Crippen LogP contribution in [0.4, 0.5) is 0 Å². The molecule has 1 aromatic heterocycles. The molecule has 0 radical (unpaired) electrons. The number of thiophene rings is 1. The lowest BCUT2D eigenvalue weighted by Crippen LogP contribution is -2.51. The van der Waals surface area contributed by atoms with E-state index in [1.165, 1.54) is 29.7 Å². The van der Waals surface area contributed by atoms with E-state index in [-0.39, 0.29) is 5.60 Å². The summed E-state index contributed by atoms with van der Waals surface area (Å²) in [5.74, 6) is 1.15. The fourth-order valence-corrected chi connectivity index (χ4v) is 5.90. The summed E-state index contributed by atoms with van der Waals surface area (Å²) in [6.45, 7) is 4.31. The monoisotopic (exact) mass is 338 g/mol. The molecule has 0 unspecified atom stereocenters. The number of fused-ring (bicyclic) bond motifs is 1. The fourth-order valence-electron chi connectivity index (χ4n) is 5.09. The summed E-state index contributed by atoms with van der Waals surface area (Å²) < 4.78 is 13.2. The van der Waals surface area contributed by atoms with Crippen LogP contribution in [0, 0.1) is 5.92 Å². The Morgan fingerprint density at radius 1 is 1.08 bits per heavy atom. The number of rotatable bonds is 2. The SMILES string of the molecule is C=C1O[C@@]2(c3cccs3)C[C@@H](c3ccccc3)[C@H]3CCCC[C@@]13O2. The Morgan fingerprint density at radius 2 is 1.96 bits per heavy atom. The highest BCUT2D eigenvalue weighted by Crippen LogP contribution is 2.64. The minimum absolute atomic E-state index is 0.305. The largest absolute Gasteiger partial charge is 0.459 e. The van der Waals surface area contributed by atoms with Gasteiger partial charge in [0.15, 0.2) is 0 Å². The van der Waals surface area contributed by atoms with Crippen molar-refractivity contribution in [3.8, 4) is 0 Å². The lowest BCUT2D eigenvalue weighted by atomic mass is 9.64. The van der Waals surface area contributed by atoms with Crippen LogP contribution in [-0.4, -0.2) is 5.60 Å². The third-order valence-electron chi connectivity index (χ3n) is 6.12. The molecule has 2 aliphatic heterocycles. The molecule has 4 atom stereocenters. The number of hydrogen-bond acceptors (Lipinski definition) is 3. The van der Waals surface area contributed by atoms with Crippen LogP contribution in [-0.2, 0) is 15.3 Å². The Hall–Kier alpha value is -1.58. The Bertz CT molecular complexity index is 753. The Kier molecular flexibility index (Phi) is 3.20. The van der Waals surface area contributed by atoms with Crippen LogP contribution in [0.3, 0.4) is 0 Å². The van der Waals surface area contributed by atoms with Crippen molar-refractivity contribution in [1.29, 1.82) is 0 Å². The molecule has 0 N–H and O–H groups in total. The average molecular weight is 338 g/mol. The van der Waals surface area contributed by atoms with Crippen LogP contribution in [0.25, 0.3) is 0 Å². The first-order valence-corrected chi connectivity index (χ1v) is 9.79. The van der Waals surface area contributed by atoms with Crippen molar-refractivity contribution < 1.29 is 9.47 Å². The second kappa shape index (κ2) is 5.21. The molecule has 3 fully saturated rings. The smallest absolute Gasteiger partial charge is 0.247 e. The van der Waals surface area contributed by atoms with Crippen molar-refractivity contribution >= 4 is 11.3 Å². The van der Waals surface area contributed by atoms with E-state index in [4.69, 9.17) is 9.47 Å². The standard InChI is InChI=1S/C21H22O2S/c1-15-20-12-6-5-10-18(20)17(16-8-3-2-4-9-16)14-21(22-15,23-20)19-11-7-13-24-19/h2-4,7-9,11,13,17-18H,1,5-6,10,12,14H2/t17-,18+,20+,21-/m0/s1. The Morgan fingerprint density at radius 3 is 2.75 bits per heavy atom. The lowest BCUT2D eigenvalue weighted by molar-refractivity contribution is -0.246. The maximum atomic E-state index is 6.77. The van der Waals surface area contributed by atoms with Gasteiger partial charge in [0.2, 0.25) is 5.79 Å². The first-order chi connectivity index (χ1) is 11.7. The molecule has 0 amide bonds. The highest BCUT2D eigenvalue weighted by atomic mass is 32.1. The number of hydrogen-bond donors (Lipinski definition) is 0. The molecule has 2 nitrogen and oxygen atoms in total. The highest BCUT2D eigenvalue weighted by Gasteiger charge is 2.65. The lowest BCUT2D eigenvalue weighted by Gasteiger charge is -2.49. The predicted octanol–water partition coefficient (Wildman–Crippen LogP) is 5.58. The summed E-state index contributed by atoms with van der Waals surface area (Å²) in [5.41, 5.74) is 1.11. The molecule has 2 aromatic rings. The van der Waals surface area contributed by atoms with Crippen LogP contribution in [0.5, 0.6) is 0 Å². The van der Waals surface area contributed by atoms with E-state index in [1.54, 1.807) is 11.3 Å². The van der Waals surface area contributed by atoms with E-state index in [1.807, 2.05) is 0 Å². The van der Waals surface area contributed by atoms with Gasteiger partial charge < -0.3 is 9.47 Å². The van der Waals surface area contributed by atoms with E-state index in [9.17, 15) is 0 Å². The zero-order valence-electron chi connectivity index (χ0n) is 13.7. The molecule has 3 heterocycles. The average Bonchev–Trinajstić information content (AvgIpc) is 3.23. The Labute approximate surface area is 147 Å². The quantitative estimate of drug-likeness (QED) is 0.712. The van der Waals surface area contributed by atoms with Gasteiger partial charge in [0.05, 0.1) is 4.88 Å². The summed E-state index contributed by atoms with van der Waals surface area (Å²) in [7, 11) is 0. The summed E-state index contributed by atoms with van der Waals surface area (Å²) in [6.07, 6.45) is 5.58. The van der Waals surface area contributed by atoms with E-state index in [2.05, 4.69) is 54.4 Å².